The lowest BCUT2D eigenvalue weighted by Gasteiger charge is -2.28. The molecule has 0 bridgehead atoms. The highest BCUT2D eigenvalue weighted by molar-refractivity contribution is 7.99. The number of nitrogens with two attached hydrogens (primary N) is 1. The summed E-state index contributed by atoms with van der Waals surface area (Å²) in [4.78, 5) is 17.7. The van der Waals surface area contributed by atoms with E-state index in [0.717, 1.165) is 16.8 Å². The molecular weight excluding hydrogens is 464 g/mol. The Kier molecular flexibility index (Phi) is 8.06. The number of benzene rings is 1. The van der Waals surface area contributed by atoms with E-state index in [4.69, 9.17) is 19.9 Å². The van der Waals surface area contributed by atoms with Crippen LogP contribution in [0.5, 0.6) is 5.75 Å². The standard InChI is InChI=1S/C26H26N4O4S/c1-6-33-26(31)23-21(13-35-25-19(11-27)15(3)14(2)16(4)30-25)34-24(29)20(12-28)22(23)17-7-9-18(32-5)10-8-17/h7-10,22H,6,13,29H2,1-5H3/t22-/m1/s1. The molecule has 2 N–H and O–H groups in total. The number of carbonyl (C=O) groups excluding carboxylic acids is 1. The molecule has 180 valence electrons. The van der Waals surface area contributed by atoms with Gasteiger partial charge in [-0.15, -0.1) is 0 Å². The lowest BCUT2D eigenvalue weighted by molar-refractivity contribution is -0.139. The van der Waals surface area contributed by atoms with Gasteiger partial charge < -0.3 is 19.9 Å². The topological polar surface area (TPSA) is 131 Å². The smallest absolute Gasteiger partial charge is 0.338 e. The molecule has 0 spiro atoms. The summed E-state index contributed by atoms with van der Waals surface area (Å²) >= 11 is 1.26. The molecule has 0 amide bonds. The monoisotopic (exact) mass is 490 g/mol. The molecule has 2 heterocycles. The summed E-state index contributed by atoms with van der Waals surface area (Å²) in [6.45, 7) is 7.54. The van der Waals surface area contributed by atoms with Crippen LogP contribution in [-0.4, -0.2) is 30.4 Å². The highest BCUT2D eigenvalue weighted by Crippen LogP contribution is 2.41. The molecule has 0 saturated heterocycles. The summed E-state index contributed by atoms with van der Waals surface area (Å²) in [7, 11) is 1.55. The highest BCUT2D eigenvalue weighted by Gasteiger charge is 2.37. The van der Waals surface area contributed by atoms with Gasteiger partial charge in [-0.1, -0.05) is 23.9 Å². The molecule has 1 atom stereocenters. The summed E-state index contributed by atoms with van der Waals surface area (Å²) in [5.41, 5.74) is 10.2. The number of nitriles is 2. The van der Waals surface area contributed by atoms with Crippen LogP contribution in [0.15, 0.2) is 52.1 Å². The number of pyridine rings is 1. The summed E-state index contributed by atoms with van der Waals surface area (Å²) in [5, 5.41) is 20.1. The van der Waals surface area contributed by atoms with Crippen LogP contribution in [0.4, 0.5) is 0 Å². The zero-order chi connectivity index (χ0) is 25.7. The van der Waals surface area contributed by atoms with E-state index in [1.54, 1.807) is 38.3 Å². The van der Waals surface area contributed by atoms with Gasteiger partial charge in [0.15, 0.2) is 0 Å². The number of thioether (sulfide) groups is 1. The number of aromatic nitrogens is 1. The van der Waals surface area contributed by atoms with Crippen molar-refractivity contribution in [3.8, 4) is 17.9 Å². The van der Waals surface area contributed by atoms with E-state index in [0.29, 0.717) is 21.9 Å². The minimum absolute atomic E-state index is 0.0818. The lowest BCUT2D eigenvalue weighted by atomic mass is 9.83. The molecule has 0 radical (unpaired) electrons. The first-order valence-corrected chi connectivity index (χ1v) is 11.9. The Balaban J connectivity index is 2.12. The fourth-order valence-corrected chi connectivity index (χ4v) is 4.80. The maximum Gasteiger partial charge on any atom is 0.338 e. The maximum absolute atomic E-state index is 13.1. The molecule has 35 heavy (non-hydrogen) atoms. The van der Waals surface area contributed by atoms with E-state index in [2.05, 4.69) is 17.1 Å². The summed E-state index contributed by atoms with van der Waals surface area (Å²) in [6.07, 6.45) is 0. The fourth-order valence-electron chi connectivity index (χ4n) is 3.77. The van der Waals surface area contributed by atoms with Crippen LogP contribution in [0.25, 0.3) is 0 Å². The second kappa shape index (κ2) is 11.0. The van der Waals surface area contributed by atoms with Crippen molar-refractivity contribution in [3.63, 3.8) is 0 Å². The van der Waals surface area contributed by atoms with Gasteiger partial charge in [0, 0.05) is 5.69 Å². The maximum atomic E-state index is 13.1. The SMILES string of the molecule is CCOC(=O)C1=C(CSc2nc(C)c(C)c(C)c2C#N)OC(N)=C(C#N)[C@H]1c1ccc(OC)cc1. The molecule has 2 aromatic rings. The number of carbonyl (C=O) groups is 1. The van der Waals surface area contributed by atoms with Gasteiger partial charge in [-0.3, -0.25) is 0 Å². The van der Waals surface area contributed by atoms with Gasteiger partial charge >= 0.3 is 5.97 Å². The number of rotatable bonds is 7. The van der Waals surface area contributed by atoms with E-state index in [-0.39, 0.29) is 35.1 Å². The number of ether oxygens (including phenoxy) is 3. The van der Waals surface area contributed by atoms with Crippen LogP contribution in [0.1, 0.15) is 40.8 Å². The second-order valence-corrected chi connectivity index (χ2v) is 8.75. The van der Waals surface area contributed by atoms with Crippen LogP contribution in [-0.2, 0) is 14.3 Å². The van der Waals surface area contributed by atoms with Gasteiger partial charge in [0.2, 0.25) is 5.88 Å². The van der Waals surface area contributed by atoms with Crippen molar-refractivity contribution in [2.24, 2.45) is 5.73 Å². The van der Waals surface area contributed by atoms with Crippen molar-refractivity contribution in [1.29, 1.82) is 10.5 Å². The van der Waals surface area contributed by atoms with Crippen molar-refractivity contribution in [1.82, 2.24) is 4.98 Å². The van der Waals surface area contributed by atoms with Crippen LogP contribution in [0, 0.1) is 43.4 Å². The summed E-state index contributed by atoms with van der Waals surface area (Å²) < 4.78 is 16.4. The van der Waals surface area contributed by atoms with Gasteiger partial charge in [-0.2, -0.15) is 10.5 Å². The minimum Gasteiger partial charge on any atom is -0.497 e. The number of aryl methyl sites for hydroxylation is 1. The Morgan fingerprint density at radius 1 is 1.17 bits per heavy atom. The van der Waals surface area contributed by atoms with Gasteiger partial charge in [0.05, 0.1) is 36.5 Å². The van der Waals surface area contributed by atoms with Crippen molar-refractivity contribution < 1.29 is 19.0 Å². The van der Waals surface area contributed by atoms with E-state index < -0.39 is 11.9 Å². The number of nitrogens with zero attached hydrogens (tertiary/aromatic N) is 3. The summed E-state index contributed by atoms with van der Waals surface area (Å²) in [6, 6.07) is 11.3. The van der Waals surface area contributed by atoms with Crippen molar-refractivity contribution in [2.75, 3.05) is 19.5 Å². The third-order valence-electron chi connectivity index (χ3n) is 5.86. The zero-order valence-corrected chi connectivity index (χ0v) is 21.1. The first-order valence-electron chi connectivity index (χ1n) is 10.9. The highest BCUT2D eigenvalue weighted by atomic mass is 32.2. The van der Waals surface area contributed by atoms with Crippen LogP contribution in [0.2, 0.25) is 0 Å². The van der Waals surface area contributed by atoms with Crippen molar-refractivity contribution in [3.05, 3.63) is 75.0 Å². The third kappa shape index (κ3) is 5.11. The van der Waals surface area contributed by atoms with Gasteiger partial charge in [0.1, 0.15) is 34.2 Å². The van der Waals surface area contributed by atoms with Gasteiger partial charge in [-0.25, -0.2) is 9.78 Å². The van der Waals surface area contributed by atoms with E-state index in [1.807, 2.05) is 20.8 Å². The number of methoxy groups -OCH3 is 1. The quantitative estimate of drug-likeness (QED) is 0.445. The van der Waals surface area contributed by atoms with Gasteiger partial charge in [0.25, 0.3) is 0 Å². The Hall–Kier alpha value is -3.95. The van der Waals surface area contributed by atoms with Crippen LogP contribution < -0.4 is 10.5 Å². The molecule has 8 nitrogen and oxygen atoms in total. The number of allylic oxidation sites excluding steroid dienone is 1. The first-order chi connectivity index (χ1) is 16.8. The van der Waals surface area contributed by atoms with E-state index >= 15 is 0 Å². The molecule has 1 aromatic heterocycles. The first kappa shape index (κ1) is 25.7. The molecular formula is C26H26N4O4S. The van der Waals surface area contributed by atoms with E-state index in [9.17, 15) is 15.3 Å². The van der Waals surface area contributed by atoms with Crippen molar-refractivity contribution in [2.45, 2.75) is 38.6 Å². The second-order valence-electron chi connectivity index (χ2n) is 7.78. The predicted molar refractivity (Wildman–Crippen MR) is 131 cm³/mol. The Morgan fingerprint density at radius 3 is 2.43 bits per heavy atom. The average Bonchev–Trinajstić information content (AvgIpc) is 2.85. The molecule has 3 rings (SSSR count). The normalized spacial score (nSPS) is 15.2. The zero-order valence-electron chi connectivity index (χ0n) is 20.3. The molecule has 0 fully saturated rings. The molecule has 0 saturated carbocycles. The Morgan fingerprint density at radius 2 is 1.86 bits per heavy atom. The summed E-state index contributed by atoms with van der Waals surface area (Å²) in [5.74, 6) is -0.417. The van der Waals surface area contributed by atoms with E-state index in [1.165, 1.54) is 11.8 Å². The number of esters is 1. The van der Waals surface area contributed by atoms with Gasteiger partial charge in [-0.05, 0) is 56.5 Å². The lowest BCUT2D eigenvalue weighted by Crippen LogP contribution is -2.27. The predicted octanol–water partition coefficient (Wildman–Crippen LogP) is 4.30. The average molecular weight is 491 g/mol. The largest absolute Gasteiger partial charge is 0.497 e. The Labute approximate surface area is 209 Å². The number of hydrogen-bond acceptors (Lipinski definition) is 9. The molecule has 1 aliphatic heterocycles. The molecule has 1 aliphatic rings. The third-order valence-corrected chi connectivity index (χ3v) is 6.83. The van der Waals surface area contributed by atoms with Crippen LogP contribution >= 0.6 is 11.8 Å². The Bertz CT molecular complexity index is 1300. The number of hydrogen-bond donors (Lipinski definition) is 1. The molecule has 1 aromatic carbocycles. The molecule has 9 heteroatoms. The molecule has 0 unspecified atom stereocenters. The fraction of sp³-hybridized carbons (Fsp3) is 0.308. The van der Waals surface area contributed by atoms with Crippen LogP contribution in [0.3, 0.4) is 0 Å². The minimum atomic E-state index is -0.779. The van der Waals surface area contributed by atoms with Crippen molar-refractivity contribution >= 4 is 17.7 Å². The molecule has 0 aliphatic carbocycles.